The highest BCUT2D eigenvalue weighted by atomic mass is 16.2. The maximum Gasteiger partial charge on any atom is 0.241 e. The van der Waals surface area contributed by atoms with Crippen molar-refractivity contribution in [3.63, 3.8) is 0 Å². The standard InChI is InChI=1S/C36H47N7O2/c1-36(2,3)24-10-12-25(13-11-24)43-32(22-8-14-26(37)30(20-22)41-34(44)28-6-4-18-39-28)16-17-33(43)23-9-15-27(38)31(21-23)42-35(45)29-7-5-19-40-29/h8-15,20-21,28-29,32-33,39-40H,4-7,16-19,37-38H2,1-3H3,(H,41,44)(H,42,45)/t28-,29?,32?,33?/m0/s1. The summed E-state index contributed by atoms with van der Waals surface area (Å²) in [5.74, 6) is -0.0842. The van der Waals surface area contributed by atoms with Crippen LogP contribution in [0.25, 0.3) is 0 Å². The van der Waals surface area contributed by atoms with Crippen molar-refractivity contribution in [3.05, 3.63) is 77.4 Å². The minimum atomic E-state index is -0.189. The maximum absolute atomic E-state index is 13.0. The van der Waals surface area contributed by atoms with Crippen LogP contribution < -0.4 is 37.6 Å². The van der Waals surface area contributed by atoms with Gasteiger partial charge in [0.05, 0.1) is 46.9 Å². The van der Waals surface area contributed by atoms with E-state index in [0.717, 1.165) is 68.4 Å². The summed E-state index contributed by atoms with van der Waals surface area (Å²) in [6.45, 7) is 8.38. The number of benzene rings is 3. The Morgan fingerprint density at radius 1 is 0.711 bits per heavy atom. The van der Waals surface area contributed by atoms with Crippen molar-refractivity contribution in [1.29, 1.82) is 0 Å². The molecule has 0 saturated carbocycles. The highest BCUT2D eigenvalue weighted by Crippen LogP contribution is 2.48. The van der Waals surface area contributed by atoms with Crippen molar-refractivity contribution in [2.24, 2.45) is 0 Å². The van der Waals surface area contributed by atoms with E-state index in [9.17, 15) is 9.59 Å². The molecule has 9 heteroatoms. The van der Waals surface area contributed by atoms with Crippen LogP contribution in [0.15, 0.2) is 60.7 Å². The Balaban J connectivity index is 1.33. The highest BCUT2D eigenvalue weighted by molar-refractivity contribution is 5.98. The molecule has 3 aliphatic heterocycles. The fraction of sp³-hybridized carbons (Fsp3) is 0.444. The molecule has 3 aromatic rings. The van der Waals surface area contributed by atoms with E-state index in [2.05, 4.69) is 83.3 Å². The molecule has 3 aliphatic rings. The number of nitrogens with one attached hydrogen (secondary N) is 4. The van der Waals surface area contributed by atoms with E-state index in [4.69, 9.17) is 11.5 Å². The van der Waals surface area contributed by atoms with E-state index in [1.54, 1.807) is 0 Å². The number of rotatable bonds is 7. The number of nitrogen functional groups attached to an aromatic ring is 2. The summed E-state index contributed by atoms with van der Waals surface area (Å²) in [5, 5.41) is 12.7. The number of nitrogens with two attached hydrogens (primary N) is 2. The molecule has 3 unspecified atom stereocenters. The van der Waals surface area contributed by atoms with Crippen molar-refractivity contribution >= 4 is 40.3 Å². The van der Waals surface area contributed by atoms with Gasteiger partial charge in [-0.3, -0.25) is 9.59 Å². The van der Waals surface area contributed by atoms with E-state index in [-0.39, 0.29) is 41.4 Å². The van der Waals surface area contributed by atoms with E-state index >= 15 is 0 Å². The first-order valence-electron chi connectivity index (χ1n) is 16.3. The van der Waals surface area contributed by atoms with Gasteiger partial charge < -0.3 is 37.6 Å². The Kier molecular flexibility index (Phi) is 8.75. The monoisotopic (exact) mass is 609 g/mol. The van der Waals surface area contributed by atoms with Gasteiger partial charge in [0.2, 0.25) is 11.8 Å². The summed E-state index contributed by atoms with van der Waals surface area (Å²) in [5.41, 5.74) is 19.8. The zero-order chi connectivity index (χ0) is 31.7. The molecule has 9 nitrogen and oxygen atoms in total. The van der Waals surface area contributed by atoms with Gasteiger partial charge in [-0.15, -0.1) is 0 Å². The van der Waals surface area contributed by atoms with Crippen molar-refractivity contribution in [2.75, 3.05) is 40.1 Å². The molecule has 4 atom stereocenters. The fourth-order valence-corrected chi connectivity index (χ4v) is 6.99. The zero-order valence-electron chi connectivity index (χ0n) is 26.7. The van der Waals surface area contributed by atoms with Crippen LogP contribution in [0.3, 0.4) is 0 Å². The Bertz CT molecular complexity index is 1450. The van der Waals surface area contributed by atoms with Crippen LogP contribution in [-0.4, -0.2) is 37.0 Å². The molecular weight excluding hydrogens is 562 g/mol. The van der Waals surface area contributed by atoms with Crippen molar-refractivity contribution < 1.29 is 9.59 Å². The van der Waals surface area contributed by atoms with Crippen LogP contribution in [0, 0.1) is 0 Å². The highest BCUT2D eigenvalue weighted by Gasteiger charge is 2.36. The van der Waals surface area contributed by atoms with Crippen molar-refractivity contribution in [2.45, 2.75) is 88.9 Å². The minimum absolute atomic E-state index is 0.0405. The van der Waals surface area contributed by atoms with Gasteiger partial charge in [-0.1, -0.05) is 45.0 Å². The summed E-state index contributed by atoms with van der Waals surface area (Å²) in [6.07, 6.45) is 5.46. The third-order valence-corrected chi connectivity index (χ3v) is 9.61. The average molecular weight is 610 g/mol. The summed E-state index contributed by atoms with van der Waals surface area (Å²) < 4.78 is 0. The molecule has 3 fully saturated rings. The Morgan fingerprint density at radius 2 is 1.18 bits per heavy atom. The summed E-state index contributed by atoms with van der Waals surface area (Å²) in [6, 6.07) is 20.6. The second kappa shape index (κ2) is 12.7. The van der Waals surface area contributed by atoms with Gasteiger partial charge in [0.1, 0.15) is 0 Å². The largest absolute Gasteiger partial charge is 0.397 e. The van der Waals surface area contributed by atoms with E-state index in [1.165, 1.54) is 5.56 Å². The Labute approximate surface area is 266 Å². The molecule has 0 spiro atoms. The molecule has 3 heterocycles. The predicted molar refractivity (Wildman–Crippen MR) is 183 cm³/mol. The summed E-state index contributed by atoms with van der Waals surface area (Å²) >= 11 is 0. The van der Waals surface area contributed by atoms with Crippen molar-refractivity contribution in [1.82, 2.24) is 10.6 Å². The molecule has 0 aliphatic carbocycles. The minimum Gasteiger partial charge on any atom is -0.397 e. The van der Waals surface area contributed by atoms with Crippen molar-refractivity contribution in [3.8, 4) is 0 Å². The van der Waals surface area contributed by atoms with Gasteiger partial charge in [-0.25, -0.2) is 0 Å². The molecule has 0 bridgehead atoms. The van der Waals surface area contributed by atoms with Crippen LogP contribution in [0.4, 0.5) is 28.4 Å². The van der Waals surface area contributed by atoms with E-state index < -0.39 is 0 Å². The zero-order valence-corrected chi connectivity index (χ0v) is 26.7. The molecule has 3 saturated heterocycles. The molecule has 3 aromatic carbocycles. The first kappa shape index (κ1) is 30.9. The van der Waals surface area contributed by atoms with Crippen LogP contribution in [0.5, 0.6) is 0 Å². The molecule has 0 radical (unpaired) electrons. The number of anilines is 5. The van der Waals surface area contributed by atoms with Gasteiger partial charge in [0.15, 0.2) is 0 Å². The molecule has 8 N–H and O–H groups in total. The van der Waals surface area contributed by atoms with Crippen LogP contribution in [-0.2, 0) is 15.0 Å². The SMILES string of the molecule is CC(C)(C)c1ccc(N2C(c3ccc(N)c(NC(=O)C4CCCN4)c3)CCC2c2ccc(N)c(NC(=O)[C@@H]3CCCN3)c2)cc1. The maximum atomic E-state index is 13.0. The second-order valence-electron chi connectivity index (χ2n) is 13.8. The first-order chi connectivity index (χ1) is 21.6. The lowest BCUT2D eigenvalue weighted by Crippen LogP contribution is -2.35. The van der Waals surface area contributed by atoms with Gasteiger partial charge >= 0.3 is 0 Å². The molecular formula is C36H47N7O2. The molecule has 45 heavy (non-hydrogen) atoms. The topological polar surface area (TPSA) is 138 Å². The van der Waals surface area contributed by atoms with Gasteiger partial charge in [-0.2, -0.15) is 0 Å². The molecule has 6 rings (SSSR count). The summed E-state index contributed by atoms with van der Waals surface area (Å²) in [4.78, 5) is 28.4. The molecule has 238 valence electrons. The van der Waals surface area contributed by atoms with Crippen LogP contribution >= 0.6 is 0 Å². The number of carbonyl (C=O) groups excluding carboxylic acids is 2. The average Bonchev–Trinajstić information content (AvgIpc) is 3.82. The normalized spacial score (nSPS) is 23.3. The third-order valence-electron chi connectivity index (χ3n) is 9.61. The van der Waals surface area contributed by atoms with Gasteiger partial charge in [0.25, 0.3) is 0 Å². The van der Waals surface area contributed by atoms with Gasteiger partial charge in [0, 0.05) is 5.69 Å². The number of hydrogen-bond acceptors (Lipinski definition) is 7. The number of carbonyl (C=O) groups is 2. The van der Waals surface area contributed by atoms with Crippen LogP contribution in [0.1, 0.15) is 88.1 Å². The Hall–Kier alpha value is -4.08. The molecule has 2 amide bonds. The lowest BCUT2D eigenvalue weighted by atomic mass is 9.87. The summed E-state index contributed by atoms with van der Waals surface area (Å²) in [7, 11) is 0. The quantitative estimate of drug-likeness (QED) is 0.192. The Morgan fingerprint density at radius 3 is 1.58 bits per heavy atom. The van der Waals surface area contributed by atoms with E-state index in [0.29, 0.717) is 22.7 Å². The lowest BCUT2D eigenvalue weighted by molar-refractivity contribution is -0.118. The third kappa shape index (κ3) is 6.65. The molecule has 0 aromatic heterocycles. The number of hydrogen-bond donors (Lipinski definition) is 6. The first-order valence-corrected chi connectivity index (χ1v) is 16.3. The second-order valence-corrected chi connectivity index (χ2v) is 13.8. The predicted octanol–water partition coefficient (Wildman–Crippen LogP) is 5.61. The number of amides is 2. The number of nitrogens with zero attached hydrogens (tertiary/aromatic N) is 1. The smallest absolute Gasteiger partial charge is 0.241 e. The van der Waals surface area contributed by atoms with Crippen LogP contribution in [0.2, 0.25) is 0 Å². The van der Waals surface area contributed by atoms with Gasteiger partial charge in [-0.05, 0) is 110 Å². The lowest BCUT2D eigenvalue weighted by Gasteiger charge is -2.34. The van der Waals surface area contributed by atoms with E-state index in [1.807, 2.05) is 24.3 Å². The fourth-order valence-electron chi connectivity index (χ4n) is 6.99.